The first-order chi connectivity index (χ1) is 36.5. The second kappa shape index (κ2) is 62.4. The lowest BCUT2D eigenvalue weighted by molar-refractivity contribution is -0.167. The van der Waals surface area contributed by atoms with Gasteiger partial charge in [-0.25, -0.2) is 0 Å². The fraction of sp³-hybridized carbons (Fsp3) is 0.779. The predicted molar refractivity (Wildman–Crippen MR) is 321 cm³/mol. The summed E-state index contributed by atoms with van der Waals surface area (Å²) in [5.74, 6) is -0.875. The summed E-state index contributed by atoms with van der Waals surface area (Å²) in [6.45, 7) is 6.55. The lowest BCUT2D eigenvalue weighted by Gasteiger charge is -2.18. The SMILES string of the molecule is CC/C=C\C/C=C\C/C=C\C/C=C\C/C=C\CCCCCCCCCC(=O)OCC(COC(=O)CCCCCCCCCCCCCC)OC(=O)CCCCCCCCCCC/C=C\CCCCCCCCCC. The number of carbonyl (C=O) groups excluding carboxylic acids is 3. The summed E-state index contributed by atoms with van der Waals surface area (Å²) in [4.78, 5) is 38.3. The van der Waals surface area contributed by atoms with E-state index in [0.717, 1.165) is 96.3 Å². The molecule has 6 nitrogen and oxygen atoms in total. The van der Waals surface area contributed by atoms with Crippen molar-refractivity contribution >= 4 is 17.9 Å². The molecular weight excluding hydrogens is 913 g/mol. The Morgan fingerprint density at radius 2 is 0.527 bits per heavy atom. The topological polar surface area (TPSA) is 78.9 Å². The molecule has 0 saturated carbocycles. The van der Waals surface area contributed by atoms with Crippen molar-refractivity contribution in [2.75, 3.05) is 13.2 Å². The largest absolute Gasteiger partial charge is 0.462 e. The minimum absolute atomic E-state index is 0.0766. The van der Waals surface area contributed by atoms with E-state index >= 15 is 0 Å². The van der Waals surface area contributed by atoms with Crippen LogP contribution in [0.1, 0.15) is 323 Å². The van der Waals surface area contributed by atoms with Gasteiger partial charge in [-0.05, 0) is 89.9 Å². The summed E-state index contributed by atoms with van der Waals surface area (Å²) in [5.41, 5.74) is 0. The first kappa shape index (κ1) is 70.8. The molecule has 6 heteroatoms. The molecule has 1 unspecified atom stereocenters. The summed E-state index contributed by atoms with van der Waals surface area (Å²) >= 11 is 0. The molecule has 0 aliphatic heterocycles. The van der Waals surface area contributed by atoms with Crippen LogP contribution in [0.2, 0.25) is 0 Å². The summed E-state index contributed by atoms with van der Waals surface area (Å²) < 4.78 is 16.9. The average Bonchev–Trinajstić information content (AvgIpc) is 3.40. The Kier molecular flexibility index (Phi) is 59.7. The molecule has 0 aromatic heterocycles. The molecule has 0 aromatic rings. The molecule has 0 radical (unpaired) electrons. The monoisotopic (exact) mass is 1030 g/mol. The van der Waals surface area contributed by atoms with Crippen molar-refractivity contribution in [1.29, 1.82) is 0 Å². The van der Waals surface area contributed by atoms with E-state index < -0.39 is 6.10 Å². The van der Waals surface area contributed by atoms with Gasteiger partial charge in [0.2, 0.25) is 0 Å². The van der Waals surface area contributed by atoms with Crippen LogP contribution in [0.3, 0.4) is 0 Å². The molecule has 0 saturated heterocycles. The van der Waals surface area contributed by atoms with Gasteiger partial charge in [0.25, 0.3) is 0 Å². The number of rotatable bonds is 58. The summed E-state index contributed by atoms with van der Waals surface area (Å²) in [5, 5.41) is 0. The van der Waals surface area contributed by atoms with Crippen LogP contribution >= 0.6 is 0 Å². The molecule has 0 bridgehead atoms. The average molecular weight is 1030 g/mol. The Labute approximate surface area is 459 Å². The summed E-state index contributed by atoms with van der Waals surface area (Å²) in [6.07, 6.45) is 80.5. The van der Waals surface area contributed by atoms with Crippen molar-refractivity contribution in [2.45, 2.75) is 329 Å². The van der Waals surface area contributed by atoms with E-state index in [9.17, 15) is 14.4 Å². The van der Waals surface area contributed by atoms with Crippen LogP contribution in [0.5, 0.6) is 0 Å². The predicted octanol–water partition coefficient (Wildman–Crippen LogP) is 21.7. The van der Waals surface area contributed by atoms with Crippen LogP contribution in [0.25, 0.3) is 0 Å². The summed E-state index contributed by atoms with van der Waals surface area (Å²) in [6, 6.07) is 0. The Hall–Kier alpha value is -3.15. The van der Waals surface area contributed by atoms with Gasteiger partial charge in [0.1, 0.15) is 13.2 Å². The number of hydrogen-bond acceptors (Lipinski definition) is 6. The second-order valence-corrected chi connectivity index (χ2v) is 21.3. The normalized spacial score (nSPS) is 12.5. The lowest BCUT2D eigenvalue weighted by Crippen LogP contribution is -2.30. The molecule has 74 heavy (non-hydrogen) atoms. The molecule has 0 fully saturated rings. The third-order valence-corrected chi connectivity index (χ3v) is 13.9. The Bertz CT molecular complexity index is 1370. The third-order valence-electron chi connectivity index (χ3n) is 13.9. The van der Waals surface area contributed by atoms with E-state index in [1.165, 1.54) is 186 Å². The zero-order chi connectivity index (χ0) is 53.6. The molecule has 1 atom stereocenters. The first-order valence-corrected chi connectivity index (χ1v) is 31.9. The highest BCUT2D eigenvalue weighted by Crippen LogP contribution is 2.16. The Balaban J connectivity index is 4.32. The molecule has 0 rings (SSSR count). The van der Waals surface area contributed by atoms with Gasteiger partial charge in [0.05, 0.1) is 0 Å². The summed E-state index contributed by atoms with van der Waals surface area (Å²) in [7, 11) is 0. The highest BCUT2D eigenvalue weighted by Gasteiger charge is 2.19. The number of allylic oxidation sites excluding steroid dienone is 12. The van der Waals surface area contributed by atoms with Gasteiger partial charge in [0, 0.05) is 19.3 Å². The van der Waals surface area contributed by atoms with Crippen LogP contribution in [0.4, 0.5) is 0 Å². The van der Waals surface area contributed by atoms with Gasteiger partial charge in [-0.1, -0.05) is 286 Å². The van der Waals surface area contributed by atoms with E-state index in [1.807, 2.05) is 0 Å². The van der Waals surface area contributed by atoms with E-state index in [4.69, 9.17) is 14.2 Å². The van der Waals surface area contributed by atoms with Crippen LogP contribution < -0.4 is 0 Å². The zero-order valence-electron chi connectivity index (χ0n) is 49.1. The number of carbonyl (C=O) groups is 3. The first-order valence-electron chi connectivity index (χ1n) is 31.9. The van der Waals surface area contributed by atoms with Crippen molar-refractivity contribution in [3.05, 3.63) is 72.9 Å². The van der Waals surface area contributed by atoms with Crippen LogP contribution in [-0.4, -0.2) is 37.2 Å². The van der Waals surface area contributed by atoms with Gasteiger partial charge >= 0.3 is 17.9 Å². The molecule has 0 aliphatic rings. The Morgan fingerprint density at radius 3 is 0.838 bits per heavy atom. The minimum Gasteiger partial charge on any atom is -0.462 e. The smallest absolute Gasteiger partial charge is 0.306 e. The van der Waals surface area contributed by atoms with Crippen LogP contribution in [-0.2, 0) is 28.6 Å². The van der Waals surface area contributed by atoms with Gasteiger partial charge < -0.3 is 14.2 Å². The number of esters is 3. The van der Waals surface area contributed by atoms with Crippen molar-refractivity contribution in [1.82, 2.24) is 0 Å². The highest BCUT2D eigenvalue weighted by atomic mass is 16.6. The maximum Gasteiger partial charge on any atom is 0.306 e. The highest BCUT2D eigenvalue weighted by molar-refractivity contribution is 5.71. The lowest BCUT2D eigenvalue weighted by atomic mass is 10.0. The van der Waals surface area contributed by atoms with Crippen LogP contribution in [0.15, 0.2) is 72.9 Å². The number of ether oxygens (including phenoxy) is 3. The fourth-order valence-corrected chi connectivity index (χ4v) is 9.17. The van der Waals surface area contributed by atoms with Crippen LogP contribution in [0, 0.1) is 0 Å². The fourth-order valence-electron chi connectivity index (χ4n) is 9.17. The van der Waals surface area contributed by atoms with Gasteiger partial charge in [-0.2, -0.15) is 0 Å². The molecule has 0 spiro atoms. The standard InChI is InChI=1S/C68H120O6/c1-4-7-10-13-16-19-22-25-27-29-31-33-34-36-37-39-41-43-46-49-52-55-58-61-67(70)73-64-65(63-72-66(69)60-57-54-51-48-45-24-21-18-15-12-9-6-3)74-68(71)62-59-56-53-50-47-44-42-40-38-35-32-30-28-26-23-20-17-14-11-8-5-2/h7,10,16,19,25,27,30-33,36-37,65H,4-6,8-9,11-15,17-18,20-24,26,28-29,34-35,38-64H2,1-3H3/b10-7-,19-16-,27-25-,32-30-,33-31-,37-36-. The molecule has 0 amide bonds. The van der Waals surface area contributed by atoms with E-state index in [2.05, 4.69) is 93.7 Å². The van der Waals surface area contributed by atoms with Crippen molar-refractivity contribution < 1.29 is 28.6 Å². The zero-order valence-corrected chi connectivity index (χ0v) is 49.1. The third kappa shape index (κ3) is 59.7. The maximum atomic E-state index is 12.9. The molecule has 0 N–H and O–H groups in total. The Morgan fingerprint density at radius 1 is 0.284 bits per heavy atom. The van der Waals surface area contributed by atoms with E-state index in [0.29, 0.717) is 19.3 Å². The van der Waals surface area contributed by atoms with Crippen molar-refractivity contribution in [2.24, 2.45) is 0 Å². The van der Waals surface area contributed by atoms with Gasteiger partial charge in [-0.3, -0.25) is 14.4 Å². The maximum absolute atomic E-state index is 12.9. The molecule has 0 aromatic carbocycles. The second-order valence-electron chi connectivity index (χ2n) is 21.3. The van der Waals surface area contributed by atoms with Gasteiger partial charge in [0.15, 0.2) is 6.10 Å². The van der Waals surface area contributed by atoms with E-state index in [-0.39, 0.29) is 31.1 Å². The quantitative estimate of drug-likeness (QED) is 0.0261. The molecule has 0 heterocycles. The van der Waals surface area contributed by atoms with E-state index in [1.54, 1.807) is 0 Å². The molecular formula is C68H120O6. The van der Waals surface area contributed by atoms with Crippen molar-refractivity contribution in [3.63, 3.8) is 0 Å². The van der Waals surface area contributed by atoms with Gasteiger partial charge in [-0.15, -0.1) is 0 Å². The molecule has 428 valence electrons. The van der Waals surface area contributed by atoms with Crippen molar-refractivity contribution in [3.8, 4) is 0 Å². The number of hydrogen-bond donors (Lipinski definition) is 0. The minimum atomic E-state index is -0.780. The molecule has 0 aliphatic carbocycles. The number of unbranched alkanes of at least 4 members (excludes halogenated alkanes) is 35.